The van der Waals surface area contributed by atoms with Crippen LogP contribution in [0.5, 0.6) is 0 Å². The van der Waals surface area contributed by atoms with E-state index in [1.165, 1.54) is 6.20 Å². The Kier molecular flexibility index (Phi) is 4.43. The summed E-state index contributed by atoms with van der Waals surface area (Å²) in [6, 6.07) is 0. The zero-order chi connectivity index (χ0) is 13.8. The van der Waals surface area contributed by atoms with Crippen LogP contribution in [0, 0.1) is 17.0 Å². The molecule has 2 aromatic rings. The first kappa shape index (κ1) is 13.9. The van der Waals surface area contributed by atoms with Gasteiger partial charge in [0.1, 0.15) is 12.0 Å². The molecular formula is C11H11BrN4O2S. The Hall–Kier alpha value is -1.54. The summed E-state index contributed by atoms with van der Waals surface area (Å²) in [6.07, 6.45) is 3.83. The normalized spacial score (nSPS) is 10.4. The molecule has 2 aromatic heterocycles. The van der Waals surface area contributed by atoms with Gasteiger partial charge in [-0.2, -0.15) is 0 Å². The Morgan fingerprint density at radius 3 is 2.95 bits per heavy atom. The third-order valence-corrected chi connectivity index (χ3v) is 4.36. The summed E-state index contributed by atoms with van der Waals surface area (Å²) in [5.74, 6) is 0.611. The van der Waals surface area contributed by atoms with E-state index in [0.717, 1.165) is 11.4 Å². The van der Waals surface area contributed by atoms with Gasteiger partial charge in [0.05, 0.1) is 14.4 Å². The molecule has 8 heteroatoms. The van der Waals surface area contributed by atoms with Crippen molar-refractivity contribution in [2.75, 3.05) is 11.9 Å². The number of thiazole rings is 1. The second kappa shape index (κ2) is 6.07. The molecule has 19 heavy (non-hydrogen) atoms. The molecule has 0 amide bonds. The zero-order valence-electron chi connectivity index (χ0n) is 10.1. The van der Waals surface area contributed by atoms with E-state index in [0.29, 0.717) is 22.4 Å². The quantitative estimate of drug-likeness (QED) is 0.666. The van der Waals surface area contributed by atoms with Gasteiger partial charge in [-0.1, -0.05) is 0 Å². The van der Waals surface area contributed by atoms with Crippen LogP contribution in [0.1, 0.15) is 10.6 Å². The second-order valence-electron chi connectivity index (χ2n) is 3.79. The molecule has 0 saturated heterocycles. The van der Waals surface area contributed by atoms with E-state index in [1.54, 1.807) is 24.5 Å². The highest BCUT2D eigenvalue weighted by atomic mass is 79.9. The van der Waals surface area contributed by atoms with E-state index in [2.05, 4.69) is 31.2 Å². The first-order valence-electron chi connectivity index (χ1n) is 5.51. The van der Waals surface area contributed by atoms with Gasteiger partial charge in [-0.15, -0.1) is 11.3 Å². The van der Waals surface area contributed by atoms with Crippen molar-refractivity contribution in [1.82, 2.24) is 9.97 Å². The van der Waals surface area contributed by atoms with Gasteiger partial charge in [0.15, 0.2) is 0 Å². The molecule has 0 aromatic carbocycles. The zero-order valence-corrected chi connectivity index (χ0v) is 12.5. The number of hydrogen-bond acceptors (Lipinski definition) is 6. The van der Waals surface area contributed by atoms with Gasteiger partial charge in [-0.05, 0) is 22.9 Å². The molecule has 0 radical (unpaired) electrons. The smallest absolute Gasteiger partial charge is 0.291 e. The maximum atomic E-state index is 10.8. The first-order chi connectivity index (χ1) is 9.09. The van der Waals surface area contributed by atoms with Gasteiger partial charge in [0.2, 0.25) is 0 Å². The molecule has 0 atom stereocenters. The summed E-state index contributed by atoms with van der Waals surface area (Å²) in [7, 11) is 0. The summed E-state index contributed by atoms with van der Waals surface area (Å²) in [4.78, 5) is 18.6. The number of nitrogens with one attached hydrogen (secondary N) is 1. The van der Waals surface area contributed by atoms with E-state index in [-0.39, 0.29) is 5.69 Å². The third kappa shape index (κ3) is 3.27. The lowest BCUT2D eigenvalue weighted by Crippen LogP contribution is -2.08. The van der Waals surface area contributed by atoms with Crippen LogP contribution in [-0.4, -0.2) is 21.4 Å². The Bertz CT molecular complexity index is 589. The van der Waals surface area contributed by atoms with Crippen LogP contribution in [0.15, 0.2) is 22.2 Å². The number of anilines is 1. The van der Waals surface area contributed by atoms with Crippen LogP contribution in [0.2, 0.25) is 0 Å². The standard InChI is InChI=1S/C11H11BrN4O2S/c1-7-8(16(17)18)6-15-11(10(7)12)14-3-2-9-13-4-5-19-9/h4-6H,2-3H2,1H3,(H,14,15). The Labute approximate surface area is 122 Å². The van der Waals surface area contributed by atoms with E-state index in [4.69, 9.17) is 0 Å². The molecule has 0 saturated carbocycles. The number of pyridine rings is 1. The lowest BCUT2D eigenvalue weighted by Gasteiger charge is -2.08. The SMILES string of the molecule is Cc1c([N+](=O)[O-])cnc(NCCc2nccs2)c1Br. The maximum Gasteiger partial charge on any atom is 0.291 e. The summed E-state index contributed by atoms with van der Waals surface area (Å²) < 4.78 is 0.626. The largest absolute Gasteiger partial charge is 0.369 e. The molecule has 2 heterocycles. The van der Waals surface area contributed by atoms with Crippen molar-refractivity contribution in [2.45, 2.75) is 13.3 Å². The monoisotopic (exact) mass is 342 g/mol. The minimum Gasteiger partial charge on any atom is -0.369 e. The van der Waals surface area contributed by atoms with Crippen molar-refractivity contribution in [3.05, 3.63) is 42.9 Å². The van der Waals surface area contributed by atoms with Gasteiger partial charge in [-0.25, -0.2) is 9.97 Å². The minimum absolute atomic E-state index is 0.0114. The van der Waals surface area contributed by atoms with Gasteiger partial charge < -0.3 is 5.32 Å². The fourth-order valence-corrected chi connectivity index (χ4v) is 2.61. The molecule has 0 bridgehead atoms. The topological polar surface area (TPSA) is 81.0 Å². The van der Waals surface area contributed by atoms with Gasteiger partial charge in [0.25, 0.3) is 5.69 Å². The van der Waals surface area contributed by atoms with Gasteiger partial charge in [0, 0.05) is 30.1 Å². The molecule has 0 unspecified atom stereocenters. The maximum absolute atomic E-state index is 10.8. The number of hydrogen-bond donors (Lipinski definition) is 1. The van der Waals surface area contributed by atoms with Crippen LogP contribution in [0.25, 0.3) is 0 Å². The van der Waals surface area contributed by atoms with Crippen LogP contribution < -0.4 is 5.32 Å². The van der Waals surface area contributed by atoms with Crippen LogP contribution in [0.3, 0.4) is 0 Å². The fraction of sp³-hybridized carbons (Fsp3) is 0.273. The van der Waals surface area contributed by atoms with Crippen molar-refractivity contribution >= 4 is 38.8 Å². The lowest BCUT2D eigenvalue weighted by atomic mass is 10.2. The highest BCUT2D eigenvalue weighted by Gasteiger charge is 2.16. The summed E-state index contributed by atoms with van der Waals surface area (Å²) in [6.45, 7) is 2.37. The molecular weight excluding hydrogens is 332 g/mol. The molecule has 0 aliphatic carbocycles. The molecule has 6 nitrogen and oxygen atoms in total. The molecule has 0 aliphatic rings. The number of nitro groups is 1. The number of rotatable bonds is 5. The summed E-state index contributed by atoms with van der Waals surface area (Å²) in [5, 5.41) is 16.9. The number of halogens is 1. The van der Waals surface area contributed by atoms with Crippen molar-refractivity contribution in [2.24, 2.45) is 0 Å². The summed E-state index contributed by atoms with van der Waals surface area (Å²) >= 11 is 4.94. The lowest BCUT2D eigenvalue weighted by molar-refractivity contribution is -0.385. The van der Waals surface area contributed by atoms with Crippen LogP contribution in [-0.2, 0) is 6.42 Å². The van der Waals surface area contributed by atoms with Crippen molar-refractivity contribution in [1.29, 1.82) is 0 Å². The van der Waals surface area contributed by atoms with Gasteiger partial charge in [-0.3, -0.25) is 10.1 Å². The number of aromatic nitrogens is 2. The van der Waals surface area contributed by atoms with Crippen LogP contribution >= 0.6 is 27.3 Å². The van der Waals surface area contributed by atoms with E-state index in [1.807, 2.05) is 5.38 Å². The van der Waals surface area contributed by atoms with Crippen molar-refractivity contribution in [3.63, 3.8) is 0 Å². The molecule has 2 rings (SSSR count). The first-order valence-corrected chi connectivity index (χ1v) is 7.18. The fourth-order valence-electron chi connectivity index (χ4n) is 1.54. The van der Waals surface area contributed by atoms with Crippen molar-refractivity contribution in [3.8, 4) is 0 Å². The average molecular weight is 343 g/mol. The average Bonchev–Trinajstić information content (AvgIpc) is 2.87. The Morgan fingerprint density at radius 1 is 1.53 bits per heavy atom. The highest BCUT2D eigenvalue weighted by molar-refractivity contribution is 9.10. The van der Waals surface area contributed by atoms with E-state index >= 15 is 0 Å². The third-order valence-electron chi connectivity index (χ3n) is 2.55. The molecule has 0 fully saturated rings. The predicted molar refractivity (Wildman–Crippen MR) is 77.6 cm³/mol. The van der Waals surface area contributed by atoms with E-state index in [9.17, 15) is 10.1 Å². The minimum atomic E-state index is -0.438. The Balaban J connectivity index is 2.05. The van der Waals surface area contributed by atoms with Crippen LogP contribution in [0.4, 0.5) is 11.5 Å². The molecule has 100 valence electrons. The Morgan fingerprint density at radius 2 is 2.32 bits per heavy atom. The van der Waals surface area contributed by atoms with E-state index < -0.39 is 4.92 Å². The van der Waals surface area contributed by atoms with Crippen molar-refractivity contribution < 1.29 is 4.92 Å². The molecule has 0 aliphatic heterocycles. The predicted octanol–water partition coefficient (Wildman–Crippen LogP) is 3.17. The number of nitrogens with zero attached hydrogens (tertiary/aromatic N) is 3. The second-order valence-corrected chi connectivity index (χ2v) is 5.56. The summed E-state index contributed by atoms with van der Waals surface area (Å²) in [5.41, 5.74) is 0.578. The van der Waals surface area contributed by atoms with Gasteiger partial charge >= 0.3 is 0 Å². The molecule has 0 spiro atoms. The molecule has 1 N–H and O–H groups in total. The highest BCUT2D eigenvalue weighted by Crippen LogP contribution is 2.30.